The molecule has 78 valence electrons. The molecule has 2 aliphatic carbocycles. The van der Waals surface area contributed by atoms with Crippen LogP contribution in [-0.2, 0) is 4.79 Å². The molecule has 0 aromatic carbocycles. The lowest BCUT2D eigenvalue weighted by Crippen LogP contribution is -2.40. The normalized spacial score (nSPS) is 42.6. The van der Waals surface area contributed by atoms with Gasteiger partial charge in [0.2, 0.25) is 0 Å². The van der Waals surface area contributed by atoms with E-state index >= 15 is 0 Å². The van der Waals surface area contributed by atoms with Crippen molar-refractivity contribution in [3.05, 3.63) is 12.7 Å². The molecule has 2 aliphatic rings. The van der Waals surface area contributed by atoms with Crippen molar-refractivity contribution >= 4 is 6.29 Å². The molecule has 2 saturated carbocycles. The van der Waals surface area contributed by atoms with Gasteiger partial charge < -0.3 is 4.79 Å². The van der Waals surface area contributed by atoms with Crippen LogP contribution in [-0.4, -0.2) is 6.29 Å². The summed E-state index contributed by atoms with van der Waals surface area (Å²) in [5.74, 6) is 0.932. The number of hydrogen-bond acceptors (Lipinski definition) is 1. The van der Waals surface area contributed by atoms with E-state index < -0.39 is 0 Å². The lowest BCUT2D eigenvalue weighted by Gasteiger charge is -2.48. The van der Waals surface area contributed by atoms with Crippen molar-refractivity contribution in [1.82, 2.24) is 0 Å². The van der Waals surface area contributed by atoms with Gasteiger partial charge in [-0.1, -0.05) is 25.3 Å². The van der Waals surface area contributed by atoms with Gasteiger partial charge in [0.1, 0.15) is 6.29 Å². The van der Waals surface area contributed by atoms with Gasteiger partial charge in [-0.2, -0.15) is 0 Å². The number of carbonyl (C=O) groups excluding carboxylic acids is 1. The number of hydrogen-bond donors (Lipinski definition) is 0. The van der Waals surface area contributed by atoms with Crippen LogP contribution in [0, 0.1) is 17.3 Å². The molecular formula is C13H20O. The van der Waals surface area contributed by atoms with Gasteiger partial charge in [-0.05, 0) is 37.0 Å². The van der Waals surface area contributed by atoms with Crippen molar-refractivity contribution in [1.29, 1.82) is 0 Å². The fourth-order valence-electron chi connectivity index (χ4n) is 3.63. The van der Waals surface area contributed by atoms with Gasteiger partial charge in [-0.3, -0.25) is 0 Å². The third kappa shape index (κ3) is 1.43. The Morgan fingerprint density at radius 1 is 1.14 bits per heavy atom. The Bertz CT molecular complexity index is 229. The molecule has 1 heteroatoms. The summed E-state index contributed by atoms with van der Waals surface area (Å²) in [6, 6.07) is 0. The van der Waals surface area contributed by atoms with Crippen LogP contribution in [0.25, 0.3) is 0 Å². The van der Waals surface area contributed by atoms with Crippen molar-refractivity contribution in [3.8, 4) is 0 Å². The molecule has 0 spiro atoms. The molecule has 0 heterocycles. The summed E-state index contributed by atoms with van der Waals surface area (Å²) in [7, 11) is 0. The van der Waals surface area contributed by atoms with Crippen LogP contribution in [0.3, 0.4) is 0 Å². The first-order valence-electron chi connectivity index (χ1n) is 5.91. The molecule has 0 unspecified atom stereocenters. The summed E-state index contributed by atoms with van der Waals surface area (Å²) >= 11 is 0. The van der Waals surface area contributed by atoms with Crippen LogP contribution in [0.15, 0.2) is 12.7 Å². The van der Waals surface area contributed by atoms with Crippen LogP contribution in [0.5, 0.6) is 0 Å². The summed E-state index contributed by atoms with van der Waals surface area (Å²) in [4.78, 5) is 11.0. The molecule has 14 heavy (non-hydrogen) atoms. The number of aldehydes is 1. The second-order valence-corrected chi connectivity index (χ2v) is 4.98. The summed E-state index contributed by atoms with van der Waals surface area (Å²) in [5.41, 5.74) is 0.322. The highest BCUT2D eigenvalue weighted by atomic mass is 16.1. The van der Waals surface area contributed by atoms with Crippen LogP contribution in [0.1, 0.15) is 44.9 Å². The van der Waals surface area contributed by atoms with E-state index in [0.717, 1.165) is 6.42 Å². The second kappa shape index (κ2) is 3.88. The van der Waals surface area contributed by atoms with Crippen LogP contribution < -0.4 is 0 Å². The molecule has 0 radical (unpaired) electrons. The minimum atomic E-state index is 0.321. The zero-order valence-electron chi connectivity index (χ0n) is 8.87. The van der Waals surface area contributed by atoms with Gasteiger partial charge in [-0.15, -0.1) is 6.58 Å². The van der Waals surface area contributed by atoms with E-state index in [9.17, 15) is 4.79 Å². The van der Waals surface area contributed by atoms with Gasteiger partial charge in [0.15, 0.2) is 0 Å². The minimum Gasteiger partial charge on any atom is -0.303 e. The molecule has 0 aliphatic heterocycles. The average Bonchev–Trinajstić information content (AvgIpc) is 2.28. The highest BCUT2D eigenvalue weighted by molar-refractivity contribution is 5.54. The molecular weight excluding hydrogens is 172 g/mol. The van der Waals surface area contributed by atoms with E-state index in [1.165, 1.54) is 44.8 Å². The monoisotopic (exact) mass is 192 g/mol. The largest absolute Gasteiger partial charge is 0.303 e. The topological polar surface area (TPSA) is 17.1 Å². The first-order chi connectivity index (χ1) is 6.82. The Balaban J connectivity index is 2.23. The molecule has 2 fully saturated rings. The Hall–Kier alpha value is -0.590. The molecule has 0 amide bonds. The summed E-state index contributed by atoms with van der Waals surface area (Å²) in [6.07, 6.45) is 12.1. The van der Waals surface area contributed by atoms with E-state index in [-0.39, 0.29) is 0 Å². The Kier molecular flexibility index (Phi) is 2.76. The average molecular weight is 192 g/mol. The molecule has 0 N–H and O–H groups in total. The maximum atomic E-state index is 11.0. The van der Waals surface area contributed by atoms with Gasteiger partial charge in [-0.25, -0.2) is 0 Å². The van der Waals surface area contributed by atoms with Crippen LogP contribution >= 0.6 is 0 Å². The maximum absolute atomic E-state index is 11.0. The molecule has 1 nitrogen and oxygen atoms in total. The zero-order valence-corrected chi connectivity index (χ0v) is 8.87. The smallest absolute Gasteiger partial charge is 0.123 e. The Labute approximate surface area is 86.6 Å². The van der Waals surface area contributed by atoms with E-state index in [0.29, 0.717) is 17.3 Å². The number of rotatable bonds is 2. The fraction of sp³-hybridized carbons (Fsp3) is 0.769. The molecule has 3 atom stereocenters. The van der Waals surface area contributed by atoms with E-state index in [2.05, 4.69) is 12.7 Å². The minimum absolute atomic E-state index is 0.321. The lowest BCUT2D eigenvalue weighted by molar-refractivity contribution is -0.116. The number of allylic oxidation sites excluding steroid dienone is 1. The van der Waals surface area contributed by atoms with Gasteiger partial charge in [0.25, 0.3) is 0 Å². The molecule has 2 rings (SSSR count). The first-order valence-corrected chi connectivity index (χ1v) is 5.91. The van der Waals surface area contributed by atoms with E-state index in [1.54, 1.807) is 0 Å². The zero-order chi connectivity index (χ0) is 10.0. The van der Waals surface area contributed by atoms with Crippen molar-refractivity contribution < 1.29 is 4.79 Å². The predicted octanol–water partition coefficient (Wildman–Crippen LogP) is 3.35. The number of carbonyl (C=O) groups is 1. The molecule has 0 aromatic rings. The van der Waals surface area contributed by atoms with Crippen molar-refractivity contribution in [2.24, 2.45) is 17.3 Å². The summed E-state index contributed by atoms with van der Waals surface area (Å²) in [6.45, 7) is 4.01. The quantitative estimate of drug-likeness (QED) is 0.484. The highest BCUT2D eigenvalue weighted by Crippen LogP contribution is 2.52. The third-order valence-electron chi connectivity index (χ3n) is 4.42. The summed E-state index contributed by atoms with van der Waals surface area (Å²) in [5, 5.41) is 0. The number of fused-ring (bicyclic) bond motifs is 1. The third-order valence-corrected chi connectivity index (χ3v) is 4.42. The Morgan fingerprint density at radius 3 is 2.64 bits per heavy atom. The van der Waals surface area contributed by atoms with Gasteiger partial charge in [0, 0.05) is 5.92 Å². The highest BCUT2D eigenvalue weighted by Gasteiger charge is 2.44. The Morgan fingerprint density at radius 2 is 1.93 bits per heavy atom. The van der Waals surface area contributed by atoms with Crippen LogP contribution in [0.4, 0.5) is 0 Å². The second-order valence-electron chi connectivity index (χ2n) is 4.98. The SMILES string of the molecule is C=C[C@@]12CCCC[C@H]1[C@@H](C=O)CCC2. The summed E-state index contributed by atoms with van der Waals surface area (Å²) < 4.78 is 0. The van der Waals surface area contributed by atoms with Crippen molar-refractivity contribution in [2.75, 3.05) is 0 Å². The van der Waals surface area contributed by atoms with Gasteiger partial charge in [0.05, 0.1) is 0 Å². The fourth-order valence-corrected chi connectivity index (χ4v) is 3.63. The standard InChI is InChI=1S/C13H20O/c1-2-13-8-4-3-7-12(13)11(10-14)6-5-9-13/h2,10-12H,1,3-9H2/t11-,12+,13+/m1/s1. The van der Waals surface area contributed by atoms with Gasteiger partial charge >= 0.3 is 0 Å². The van der Waals surface area contributed by atoms with Crippen LogP contribution in [0.2, 0.25) is 0 Å². The molecule has 0 saturated heterocycles. The first kappa shape index (κ1) is 9.95. The predicted molar refractivity (Wildman–Crippen MR) is 58.0 cm³/mol. The lowest BCUT2D eigenvalue weighted by atomic mass is 9.56. The molecule has 0 aromatic heterocycles. The van der Waals surface area contributed by atoms with E-state index in [4.69, 9.17) is 0 Å². The molecule has 0 bridgehead atoms. The van der Waals surface area contributed by atoms with Crippen molar-refractivity contribution in [3.63, 3.8) is 0 Å². The van der Waals surface area contributed by atoms with E-state index in [1.807, 2.05) is 0 Å². The maximum Gasteiger partial charge on any atom is 0.123 e. The van der Waals surface area contributed by atoms with Crippen molar-refractivity contribution in [2.45, 2.75) is 44.9 Å².